The molecule has 0 radical (unpaired) electrons. The van der Waals surface area contributed by atoms with Gasteiger partial charge in [0.05, 0.1) is 32.9 Å². The van der Waals surface area contributed by atoms with Crippen molar-refractivity contribution in [3.8, 4) is 5.75 Å². The van der Waals surface area contributed by atoms with Gasteiger partial charge in [0, 0.05) is 36.9 Å². The maximum atomic E-state index is 14.4. The molecule has 41 heavy (non-hydrogen) atoms. The molecule has 1 spiro atoms. The lowest BCUT2D eigenvalue weighted by Gasteiger charge is -2.37. The summed E-state index contributed by atoms with van der Waals surface area (Å²) in [6.45, 7) is 12.6. The number of amides is 2. The van der Waals surface area contributed by atoms with E-state index in [1.54, 1.807) is 18.1 Å². The number of carbonyl (C=O) groups excluding carboxylic acids is 2. The van der Waals surface area contributed by atoms with Crippen LogP contribution in [0.2, 0.25) is 18.6 Å². The average Bonchev–Trinajstić information content (AvgIpc) is 3.40. The van der Waals surface area contributed by atoms with Crippen molar-refractivity contribution >= 4 is 36.4 Å². The quantitative estimate of drug-likeness (QED) is 0.310. The topological polar surface area (TPSA) is 100 Å². The molecule has 3 N–H and O–H groups in total. The highest BCUT2D eigenvalue weighted by Crippen LogP contribution is 2.60. The molecule has 2 aromatic rings. The van der Waals surface area contributed by atoms with E-state index in [1.165, 1.54) is 5.19 Å². The van der Waals surface area contributed by atoms with E-state index in [9.17, 15) is 14.7 Å². The first-order chi connectivity index (χ1) is 19.7. The van der Waals surface area contributed by atoms with Crippen LogP contribution in [-0.4, -0.2) is 64.4 Å². The summed E-state index contributed by atoms with van der Waals surface area (Å²) in [6, 6.07) is 13.9. The number of hydrogen-bond donors (Lipinski definition) is 3. The van der Waals surface area contributed by atoms with Crippen LogP contribution in [0.4, 0.5) is 11.4 Å². The minimum atomic E-state index is -2.25. The van der Waals surface area contributed by atoms with Crippen molar-refractivity contribution in [1.29, 1.82) is 0 Å². The van der Waals surface area contributed by atoms with Gasteiger partial charge >= 0.3 is 0 Å². The number of piperidine rings is 1. The Morgan fingerprint density at radius 2 is 2.05 bits per heavy atom. The first-order valence-corrected chi connectivity index (χ1v) is 17.8. The molecule has 0 saturated carbocycles. The molecule has 0 aromatic heterocycles. The van der Waals surface area contributed by atoms with Crippen molar-refractivity contribution in [2.75, 3.05) is 43.6 Å². The van der Waals surface area contributed by atoms with E-state index in [0.717, 1.165) is 36.4 Å². The largest absolute Gasteiger partial charge is 0.497 e. The third-order valence-corrected chi connectivity index (χ3v) is 13.9. The molecule has 3 heterocycles. The summed E-state index contributed by atoms with van der Waals surface area (Å²) in [7, 11) is -0.593. The first kappa shape index (κ1) is 29.5. The Morgan fingerprint density at radius 1 is 1.29 bits per heavy atom. The summed E-state index contributed by atoms with van der Waals surface area (Å²) in [5.41, 5.74) is 1.06. The number of anilines is 2. The van der Waals surface area contributed by atoms with Crippen molar-refractivity contribution in [3.63, 3.8) is 0 Å². The lowest BCUT2D eigenvalue weighted by atomic mass is 9.82. The molecule has 2 fully saturated rings. The monoisotopic (exact) mass is 577 g/mol. The van der Waals surface area contributed by atoms with Crippen molar-refractivity contribution in [2.45, 2.75) is 56.5 Å². The summed E-state index contributed by atoms with van der Waals surface area (Å²) in [4.78, 5) is 29.2. The molecule has 5 rings (SSSR count). The lowest BCUT2D eigenvalue weighted by molar-refractivity contribution is -0.146. The number of aliphatic hydroxyl groups is 1. The van der Waals surface area contributed by atoms with Gasteiger partial charge in [-0.15, -0.1) is 6.58 Å². The van der Waals surface area contributed by atoms with Gasteiger partial charge in [0.15, 0.2) is 5.60 Å². The highest BCUT2D eigenvalue weighted by atomic mass is 28.3. The van der Waals surface area contributed by atoms with Gasteiger partial charge in [-0.2, -0.15) is 0 Å². The number of benzene rings is 2. The minimum absolute atomic E-state index is 0.0112. The second-order valence-corrected chi connectivity index (χ2v) is 16.8. The minimum Gasteiger partial charge on any atom is -0.497 e. The predicted octanol–water partition coefficient (Wildman–Crippen LogP) is 3.76. The number of methoxy groups -OCH3 is 1. The fourth-order valence-electron chi connectivity index (χ4n) is 7.42. The van der Waals surface area contributed by atoms with E-state index in [-0.39, 0.29) is 41.9 Å². The SMILES string of the molecule is C=CCN1C(=O)[C@@]2(O[C@@H](CCO)[C@H]([Si](C)(C)c3ccc(OC)cc3)[C@H]2C)c2cc(NC(=O)C3CCCNC3)ccc21. The highest BCUT2D eigenvalue weighted by Gasteiger charge is 2.66. The molecule has 3 aliphatic rings. The molecule has 220 valence electrons. The molecule has 3 aliphatic heterocycles. The van der Waals surface area contributed by atoms with E-state index in [1.807, 2.05) is 30.3 Å². The van der Waals surface area contributed by atoms with E-state index >= 15 is 0 Å². The summed E-state index contributed by atoms with van der Waals surface area (Å²) < 4.78 is 12.3. The zero-order chi connectivity index (χ0) is 29.4. The zero-order valence-corrected chi connectivity index (χ0v) is 25.6. The fraction of sp³-hybridized carbons (Fsp3) is 0.500. The number of nitrogens with one attached hydrogen (secondary N) is 2. The van der Waals surface area contributed by atoms with Crippen LogP contribution in [0, 0.1) is 11.8 Å². The summed E-state index contributed by atoms with van der Waals surface area (Å²) in [5.74, 6) is 0.433. The number of rotatable bonds is 9. The molecule has 2 saturated heterocycles. The van der Waals surface area contributed by atoms with Gasteiger partial charge in [-0.1, -0.05) is 43.4 Å². The van der Waals surface area contributed by atoms with E-state index in [4.69, 9.17) is 9.47 Å². The van der Waals surface area contributed by atoms with Gasteiger partial charge in [-0.05, 0) is 61.7 Å². The van der Waals surface area contributed by atoms with Gasteiger partial charge in [0.25, 0.3) is 5.91 Å². The Balaban J connectivity index is 1.56. The number of aliphatic hydroxyl groups excluding tert-OH is 1. The Bertz CT molecular complexity index is 1290. The summed E-state index contributed by atoms with van der Waals surface area (Å²) in [6.07, 6.45) is 3.70. The third-order valence-electron chi connectivity index (χ3n) is 9.50. The third kappa shape index (κ3) is 5.03. The first-order valence-electron chi connectivity index (χ1n) is 14.7. The predicted molar refractivity (Wildman–Crippen MR) is 164 cm³/mol. The highest BCUT2D eigenvalue weighted by molar-refractivity contribution is 6.91. The molecular formula is C32H43N3O5Si. The van der Waals surface area contributed by atoms with Crippen LogP contribution < -0.4 is 25.5 Å². The maximum absolute atomic E-state index is 14.4. The van der Waals surface area contributed by atoms with Gasteiger partial charge in [0.1, 0.15) is 5.75 Å². The number of carbonyl (C=O) groups is 2. The van der Waals surface area contributed by atoms with E-state index in [0.29, 0.717) is 25.2 Å². The van der Waals surface area contributed by atoms with Crippen LogP contribution in [0.15, 0.2) is 55.1 Å². The summed E-state index contributed by atoms with van der Waals surface area (Å²) in [5, 5.41) is 17.7. The molecule has 0 bridgehead atoms. The van der Waals surface area contributed by atoms with Crippen LogP contribution in [-0.2, 0) is 19.9 Å². The van der Waals surface area contributed by atoms with Crippen LogP contribution >= 0.6 is 0 Å². The Labute approximate surface area is 244 Å². The normalized spacial score (nSPS) is 27.6. The van der Waals surface area contributed by atoms with Crippen molar-refractivity contribution in [2.24, 2.45) is 11.8 Å². The van der Waals surface area contributed by atoms with E-state index < -0.39 is 13.7 Å². The molecule has 8 nitrogen and oxygen atoms in total. The smallest absolute Gasteiger partial charge is 0.264 e. The van der Waals surface area contributed by atoms with Gasteiger partial charge in [-0.25, -0.2) is 0 Å². The van der Waals surface area contributed by atoms with Crippen LogP contribution in [0.1, 0.15) is 31.7 Å². The molecular weight excluding hydrogens is 534 g/mol. The zero-order valence-electron chi connectivity index (χ0n) is 24.6. The Morgan fingerprint density at radius 3 is 2.68 bits per heavy atom. The molecule has 5 atom stereocenters. The van der Waals surface area contributed by atoms with Crippen LogP contribution in [0.25, 0.3) is 0 Å². The molecule has 0 aliphatic carbocycles. The lowest BCUT2D eigenvalue weighted by Crippen LogP contribution is -2.51. The number of hydrogen-bond acceptors (Lipinski definition) is 6. The van der Waals surface area contributed by atoms with Crippen molar-refractivity contribution in [3.05, 3.63) is 60.7 Å². The van der Waals surface area contributed by atoms with Crippen molar-refractivity contribution < 1.29 is 24.2 Å². The molecule has 2 aromatic carbocycles. The van der Waals surface area contributed by atoms with Gasteiger partial charge in [-0.3, -0.25) is 9.59 Å². The fourth-order valence-corrected chi connectivity index (χ4v) is 11.5. The standard InChI is InChI=1S/C32H43N3O5Si/c1-6-17-35-27-14-9-23(34-30(37)22-8-7-16-33-20-22)19-26(27)32(31(35)38)21(2)29(28(40-32)15-18-36)41(4,5)25-12-10-24(39-3)11-13-25/h6,9-14,19,21-22,28-29,33,36H,1,7-8,15-18,20H2,2-5H3,(H,34,37)/t21-,22?,28+,29-,32+/m1/s1. The number of nitrogens with zero attached hydrogens (tertiary/aromatic N) is 1. The van der Waals surface area contributed by atoms with Crippen LogP contribution in [0.3, 0.4) is 0 Å². The van der Waals surface area contributed by atoms with Gasteiger partial charge in [0.2, 0.25) is 5.91 Å². The Kier molecular flexibility index (Phi) is 8.43. The molecule has 9 heteroatoms. The summed E-state index contributed by atoms with van der Waals surface area (Å²) >= 11 is 0. The second kappa shape index (κ2) is 11.7. The van der Waals surface area contributed by atoms with Gasteiger partial charge < -0.3 is 30.1 Å². The molecule has 1 unspecified atom stereocenters. The van der Waals surface area contributed by atoms with E-state index in [2.05, 4.69) is 49.4 Å². The second-order valence-electron chi connectivity index (χ2n) is 12.1. The maximum Gasteiger partial charge on any atom is 0.264 e. The Hall–Kier alpha value is -2.98. The van der Waals surface area contributed by atoms with Crippen molar-refractivity contribution in [1.82, 2.24) is 5.32 Å². The molecule has 2 amide bonds. The number of ether oxygens (including phenoxy) is 2. The average molecular weight is 578 g/mol. The van der Waals surface area contributed by atoms with Crippen LogP contribution in [0.5, 0.6) is 5.75 Å². The number of fused-ring (bicyclic) bond motifs is 2.